The summed E-state index contributed by atoms with van der Waals surface area (Å²) in [4.78, 5) is 19.9. The normalized spacial score (nSPS) is 15.7. The second-order valence-corrected chi connectivity index (χ2v) is 13.3. The van der Waals surface area contributed by atoms with Crippen LogP contribution in [0.1, 0.15) is 40.3 Å². The van der Waals surface area contributed by atoms with E-state index in [-0.39, 0.29) is 18.2 Å². The van der Waals surface area contributed by atoms with Crippen LogP contribution in [0.3, 0.4) is 0 Å². The van der Waals surface area contributed by atoms with Crippen molar-refractivity contribution in [2.75, 3.05) is 7.11 Å². The Morgan fingerprint density at radius 1 is 1.02 bits per heavy atom. The van der Waals surface area contributed by atoms with Crippen molar-refractivity contribution < 1.29 is 9.47 Å². The van der Waals surface area contributed by atoms with Crippen LogP contribution in [0.4, 0.5) is 0 Å². The van der Waals surface area contributed by atoms with E-state index in [0.717, 1.165) is 40.8 Å². The number of aryl methyl sites for hydroxylation is 1. The second kappa shape index (κ2) is 12.1. The molecule has 0 saturated heterocycles. The Labute approximate surface area is 276 Å². The molecule has 0 radical (unpaired) electrons. The number of benzene rings is 4. The van der Waals surface area contributed by atoms with Crippen molar-refractivity contribution in [1.29, 1.82) is 0 Å². The number of allylic oxidation sites excluding steroid dienone is 1. The lowest BCUT2D eigenvalue weighted by atomic mass is 9.83. The Morgan fingerprint density at radius 2 is 1.82 bits per heavy atom. The summed E-state index contributed by atoms with van der Waals surface area (Å²) < 4.78 is 14.9. The largest absolute Gasteiger partial charge is 0.493 e. The van der Waals surface area contributed by atoms with Crippen molar-refractivity contribution in [2.24, 2.45) is 4.99 Å². The van der Waals surface area contributed by atoms with Gasteiger partial charge in [0, 0.05) is 21.2 Å². The minimum absolute atomic E-state index is 0.0687. The molecular formula is C35H25BrCl2N2O3S. The number of halogens is 3. The maximum Gasteiger partial charge on any atom is 0.271 e. The SMILES string of the molecule is COc1cc(C=c2sc3n(c2=O)[C@H](c2ccccc2)C2=C(N=3)c3ccccc3CC2)cc(Br)c1OCc1ccc(Cl)cc1Cl. The van der Waals surface area contributed by atoms with Gasteiger partial charge in [-0.3, -0.25) is 9.36 Å². The zero-order chi connectivity index (χ0) is 30.4. The first-order valence-corrected chi connectivity index (χ1v) is 16.4. The molecular weight excluding hydrogens is 679 g/mol. The van der Waals surface area contributed by atoms with Crippen LogP contribution in [0.25, 0.3) is 11.8 Å². The third-order valence-electron chi connectivity index (χ3n) is 7.92. The summed E-state index contributed by atoms with van der Waals surface area (Å²) in [5.74, 6) is 1.06. The Balaban J connectivity index is 1.31. The molecule has 1 aliphatic carbocycles. The smallest absolute Gasteiger partial charge is 0.271 e. The second-order valence-electron chi connectivity index (χ2n) is 10.6. The number of ether oxygens (including phenoxy) is 2. The molecule has 1 atom stereocenters. The predicted octanol–water partition coefficient (Wildman–Crippen LogP) is 7.98. The first-order chi connectivity index (χ1) is 21.4. The molecule has 0 unspecified atom stereocenters. The number of hydrogen-bond acceptors (Lipinski definition) is 5. The molecule has 0 spiro atoms. The van der Waals surface area contributed by atoms with E-state index in [1.807, 2.05) is 47.0 Å². The van der Waals surface area contributed by atoms with E-state index >= 15 is 0 Å². The summed E-state index contributed by atoms with van der Waals surface area (Å²) in [5, 5.41) is 1.09. The highest BCUT2D eigenvalue weighted by molar-refractivity contribution is 9.10. The lowest BCUT2D eigenvalue weighted by molar-refractivity contribution is 0.282. The van der Waals surface area contributed by atoms with Crippen molar-refractivity contribution in [2.45, 2.75) is 25.5 Å². The van der Waals surface area contributed by atoms with E-state index in [0.29, 0.717) is 35.4 Å². The van der Waals surface area contributed by atoms with Gasteiger partial charge in [-0.15, -0.1) is 0 Å². The molecule has 0 fully saturated rings. The van der Waals surface area contributed by atoms with E-state index in [1.54, 1.807) is 19.2 Å². The summed E-state index contributed by atoms with van der Waals surface area (Å²) in [6.45, 7) is 0.232. The van der Waals surface area contributed by atoms with Crippen LogP contribution in [0, 0.1) is 0 Å². The maximum atomic E-state index is 14.1. The minimum atomic E-state index is -0.213. The Kier molecular flexibility index (Phi) is 7.97. The highest BCUT2D eigenvalue weighted by atomic mass is 79.9. The van der Waals surface area contributed by atoms with Gasteiger partial charge in [-0.05, 0) is 81.4 Å². The topological polar surface area (TPSA) is 52.8 Å². The number of hydrogen-bond donors (Lipinski definition) is 0. The molecule has 2 heterocycles. The third-order valence-corrected chi connectivity index (χ3v) is 10.1. The lowest BCUT2D eigenvalue weighted by Gasteiger charge is -2.30. The van der Waals surface area contributed by atoms with Crippen molar-refractivity contribution in [3.8, 4) is 11.5 Å². The zero-order valence-corrected chi connectivity index (χ0v) is 27.4. The highest BCUT2D eigenvalue weighted by Crippen LogP contribution is 2.41. The molecule has 2 aliphatic rings. The van der Waals surface area contributed by atoms with Gasteiger partial charge in [0.25, 0.3) is 5.56 Å². The molecule has 0 N–H and O–H groups in total. The van der Waals surface area contributed by atoms with Crippen LogP contribution in [-0.4, -0.2) is 11.7 Å². The molecule has 4 aromatic carbocycles. The van der Waals surface area contributed by atoms with E-state index in [9.17, 15) is 4.79 Å². The lowest BCUT2D eigenvalue weighted by Crippen LogP contribution is -2.38. The van der Waals surface area contributed by atoms with Gasteiger partial charge in [0.2, 0.25) is 0 Å². The number of fused-ring (bicyclic) bond motifs is 3. The van der Waals surface area contributed by atoms with Crippen LogP contribution in [0.15, 0.2) is 105 Å². The average molecular weight is 704 g/mol. The van der Waals surface area contributed by atoms with Crippen molar-refractivity contribution in [3.63, 3.8) is 0 Å². The van der Waals surface area contributed by atoms with E-state index < -0.39 is 0 Å². The Hall–Kier alpha value is -3.62. The standard InChI is InChI=1S/C35H25BrCl2N2O3S/c1-42-29-16-20(15-27(36)33(29)43-19-23-11-13-24(37)18-28(23)38)17-30-34(41)40-32(22-8-3-2-4-9-22)26-14-12-21-7-5-6-10-25(21)31(26)39-35(40)44-30/h2-11,13,15-18,32H,12,14,19H2,1H3/t32-/m1/s1. The monoisotopic (exact) mass is 702 g/mol. The van der Waals surface area contributed by atoms with Crippen LogP contribution < -0.4 is 24.4 Å². The molecule has 5 aromatic rings. The zero-order valence-electron chi connectivity index (χ0n) is 23.5. The van der Waals surface area contributed by atoms with Gasteiger partial charge in [-0.25, -0.2) is 4.99 Å². The summed E-state index contributed by atoms with van der Waals surface area (Å²) in [5.41, 5.74) is 7.21. The van der Waals surface area contributed by atoms with Gasteiger partial charge in [0.15, 0.2) is 16.3 Å². The fourth-order valence-electron chi connectivity index (χ4n) is 5.86. The molecule has 44 heavy (non-hydrogen) atoms. The fraction of sp³-hybridized carbons (Fsp3) is 0.143. The average Bonchev–Trinajstić information content (AvgIpc) is 3.34. The third kappa shape index (κ3) is 5.32. The first-order valence-electron chi connectivity index (χ1n) is 14.0. The van der Waals surface area contributed by atoms with Crippen molar-refractivity contribution in [1.82, 2.24) is 4.57 Å². The number of methoxy groups -OCH3 is 1. The summed E-state index contributed by atoms with van der Waals surface area (Å²) >= 11 is 17.4. The van der Waals surface area contributed by atoms with Gasteiger partial charge in [-0.1, -0.05) is 95.2 Å². The van der Waals surface area contributed by atoms with Crippen molar-refractivity contribution in [3.05, 3.63) is 153 Å². The summed E-state index contributed by atoms with van der Waals surface area (Å²) in [7, 11) is 1.59. The number of aromatic nitrogens is 1. The molecule has 0 bridgehead atoms. The number of nitrogens with zero attached hydrogens (tertiary/aromatic N) is 2. The van der Waals surface area contributed by atoms with Gasteiger partial charge >= 0.3 is 0 Å². The Morgan fingerprint density at radius 3 is 2.61 bits per heavy atom. The highest BCUT2D eigenvalue weighted by Gasteiger charge is 2.32. The molecule has 5 nitrogen and oxygen atoms in total. The molecule has 1 aromatic heterocycles. The summed E-state index contributed by atoms with van der Waals surface area (Å²) in [6.07, 6.45) is 3.66. The number of thiazole rings is 1. The van der Waals surface area contributed by atoms with Gasteiger partial charge in [0.05, 0.1) is 27.9 Å². The van der Waals surface area contributed by atoms with Crippen LogP contribution in [0.5, 0.6) is 11.5 Å². The molecule has 0 amide bonds. The van der Waals surface area contributed by atoms with Crippen LogP contribution in [0.2, 0.25) is 10.0 Å². The van der Waals surface area contributed by atoms with E-state index in [4.69, 9.17) is 37.7 Å². The first kappa shape index (κ1) is 29.1. The van der Waals surface area contributed by atoms with Crippen LogP contribution in [-0.2, 0) is 13.0 Å². The summed E-state index contributed by atoms with van der Waals surface area (Å²) in [6, 6.07) is 27.5. The van der Waals surface area contributed by atoms with Gasteiger partial charge in [-0.2, -0.15) is 0 Å². The van der Waals surface area contributed by atoms with Crippen molar-refractivity contribution >= 4 is 62.2 Å². The number of rotatable bonds is 6. The Bertz CT molecular complexity index is 2140. The maximum absolute atomic E-state index is 14.1. The molecule has 7 rings (SSSR count). The molecule has 0 saturated carbocycles. The fourth-order valence-corrected chi connectivity index (χ4v) is 7.90. The predicted molar refractivity (Wildman–Crippen MR) is 181 cm³/mol. The van der Waals surface area contributed by atoms with Gasteiger partial charge in [0.1, 0.15) is 6.61 Å². The molecule has 9 heteroatoms. The minimum Gasteiger partial charge on any atom is -0.493 e. The van der Waals surface area contributed by atoms with Crippen LogP contribution >= 0.6 is 50.5 Å². The quantitative estimate of drug-likeness (QED) is 0.180. The van der Waals surface area contributed by atoms with Gasteiger partial charge < -0.3 is 9.47 Å². The molecule has 220 valence electrons. The van der Waals surface area contributed by atoms with E-state index in [2.05, 4.69) is 52.3 Å². The van der Waals surface area contributed by atoms with E-state index in [1.165, 1.54) is 22.5 Å². The molecule has 1 aliphatic heterocycles.